The van der Waals surface area contributed by atoms with E-state index in [2.05, 4.69) is 10.9 Å². The average molecular weight is 379 g/mol. The van der Waals surface area contributed by atoms with E-state index in [4.69, 9.17) is 29.6 Å². The van der Waals surface area contributed by atoms with Gasteiger partial charge in [-0.2, -0.15) is 4.99 Å². The number of halogens is 3. The third-order valence-corrected chi connectivity index (χ3v) is 4.85. The molecular formula is C17H9Cl2FN2OS. The quantitative estimate of drug-likeness (QED) is 0.603. The van der Waals surface area contributed by atoms with Crippen LogP contribution in [0.2, 0.25) is 10.0 Å². The molecule has 1 aromatic heterocycles. The number of terminal acetylenes is 1. The molecule has 0 saturated heterocycles. The number of thiazole rings is 1. The van der Waals surface area contributed by atoms with E-state index >= 15 is 0 Å². The molecule has 0 aliphatic rings. The summed E-state index contributed by atoms with van der Waals surface area (Å²) in [5.74, 6) is 1.48. The molecule has 24 heavy (non-hydrogen) atoms. The zero-order valence-electron chi connectivity index (χ0n) is 12.1. The van der Waals surface area contributed by atoms with Crippen LogP contribution in [0.1, 0.15) is 10.4 Å². The van der Waals surface area contributed by atoms with Crippen LogP contribution in [-0.2, 0) is 6.54 Å². The van der Waals surface area contributed by atoms with Gasteiger partial charge in [0.2, 0.25) is 0 Å². The lowest BCUT2D eigenvalue weighted by molar-refractivity contribution is 0.0998. The van der Waals surface area contributed by atoms with E-state index in [9.17, 15) is 9.18 Å². The first-order valence-electron chi connectivity index (χ1n) is 6.76. The smallest absolute Gasteiger partial charge is 0.281 e. The molecular weight excluding hydrogens is 370 g/mol. The molecule has 0 atom stereocenters. The Hall–Kier alpha value is -2.13. The highest BCUT2D eigenvalue weighted by Gasteiger charge is 2.13. The highest BCUT2D eigenvalue weighted by Crippen LogP contribution is 2.23. The van der Waals surface area contributed by atoms with E-state index in [1.807, 2.05) is 0 Å². The second kappa shape index (κ2) is 6.78. The number of hydrogen-bond acceptors (Lipinski definition) is 2. The summed E-state index contributed by atoms with van der Waals surface area (Å²) in [6.45, 7) is 0.0986. The van der Waals surface area contributed by atoms with Gasteiger partial charge in [-0.05, 0) is 30.3 Å². The molecule has 3 aromatic rings. The van der Waals surface area contributed by atoms with Crippen LogP contribution in [0, 0.1) is 18.2 Å². The summed E-state index contributed by atoms with van der Waals surface area (Å²) in [5, 5.41) is 0.620. The summed E-state index contributed by atoms with van der Waals surface area (Å²) in [5.41, 5.74) is 0.542. The van der Waals surface area contributed by atoms with Crippen molar-refractivity contribution in [2.75, 3.05) is 0 Å². The van der Waals surface area contributed by atoms with Crippen LogP contribution >= 0.6 is 34.5 Å². The maximum absolute atomic E-state index is 14.1. The fraction of sp³-hybridized carbons (Fsp3) is 0.0588. The number of rotatable bonds is 2. The molecule has 0 unspecified atom stereocenters. The maximum atomic E-state index is 14.1. The highest BCUT2D eigenvalue weighted by molar-refractivity contribution is 7.16. The zero-order chi connectivity index (χ0) is 17.3. The lowest BCUT2D eigenvalue weighted by atomic mass is 10.2. The molecule has 0 saturated carbocycles. The average Bonchev–Trinajstić information content (AvgIpc) is 2.86. The van der Waals surface area contributed by atoms with Crippen LogP contribution in [-0.4, -0.2) is 10.5 Å². The fourth-order valence-electron chi connectivity index (χ4n) is 2.22. The topological polar surface area (TPSA) is 34.4 Å². The number of para-hydroxylation sites is 1. The minimum atomic E-state index is -0.547. The van der Waals surface area contributed by atoms with Gasteiger partial charge in [0, 0.05) is 5.02 Å². The van der Waals surface area contributed by atoms with E-state index in [0.717, 1.165) is 0 Å². The Morgan fingerprint density at radius 3 is 2.83 bits per heavy atom. The molecule has 0 radical (unpaired) electrons. The summed E-state index contributed by atoms with van der Waals surface area (Å²) in [6, 6.07) is 9.19. The highest BCUT2D eigenvalue weighted by atomic mass is 35.5. The van der Waals surface area contributed by atoms with E-state index in [1.165, 1.54) is 34.1 Å². The molecule has 1 amide bonds. The Balaban J connectivity index is 2.19. The van der Waals surface area contributed by atoms with Crippen LogP contribution in [0.3, 0.4) is 0 Å². The molecule has 0 N–H and O–H groups in total. The first kappa shape index (κ1) is 16.7. The maximum Gasteiger partial charge on any atom is 0.281 e. The van der Waals surface area contributed by atoms with Crippen LogP contribution in [0.5, 0.6) is 0 Å². The fourth-order valence-corrected chi connectivity index (χ4v) is 3.75. The number of carbonyl (C=O) groups excluding carboxylic acids is 1. The molecule has 3 rings (SSSR count). The van der Waals surface area contributed by atoms with E-state index in [-0.39, 0.29) is 17.1 Å². The number of fused-ring (bicyclic) bond motifs is 1. The van der Waals surface area contributed by atoms with Gasteiger partial charge < -0.3 is 4.57 Å². The SMILES string of the molecule is C#CCn1c(=NC(=O)c2ccc(Cl)cc2Cl)sc2cccc(F)c21. The minimum absolute atomic E-state index is 0.0986. The number of nitrogens with zero attached hydrogens (tertiary/aromatic N) is 2. The second-order valence-corrected chi connectivity index (χ2v) is 6.66. The van der Waals surface area contributed by atoms with Crippen LogP contribution in [0.15, 0.2) is 41.4 Å². The monoisotopic (exact) mass is 378 g/mol. The third kappa shape index (κ3) is 3.09. The largest absolute Gasteiger partial charge is 0.302 e. The summed E-state index contributed by atoms with van der Waals surface area (Å²) in [7, 11) is 0. The van der Waals surface area contributed by atoms with Crippen molar-refractivity contribution < 1.29 is 9.18 Å². The summed E-state index contributed by atoms with van der Waals surface area (Å²) in [4.78, 5) is 16.8. The van der Waals surface area contributed by atoms with Crippen molar-refractivity contribution in [1.29, 1.82) is 0 Å². The predicted molar refractivity (Wildman–Crippen MR) is 95.0 cm³/mol. The van der Waals surface area contributed by atoms with E-state index in [0.29, 0.717) is 20.0 Å². The van der Waals surface area contributed by atoms with Gasteiger partial charge in [-0.3, -0.25) is 4.79 Å². The minimum Gasteiger partial charge on any atom is -0.302 e. The van der Waals surface area contributed by atoms with Gasteiger partial charge in [0.25, 0.3) is 5.91 Å². The molecule has 1 heterocycles. The Morgan fingerprint density at radius 1 is 1.33 bits per heavy atom. The van der Waals surface area contributed by atoms with Gasteiger partial charge in [-0.1, -0.05) is 46.5 Å². The molecule has 3 nitrogen and oxygen atoms in total. The van der Waals surface area contributed by atoms with Crippen molar-refractivity contribution in [1.82, 2.24) is 4.57 Å². The number of benzene rings is 2. The Morgan fingerprint density at radius 2 is 2.12 bits per heavy atom. The summed E-state index contributed by atoms with van der Waals surface area (Å²) >= 11 is 13.0. The molecule has 2 aromatic carbocycles. The Labute approximate surface area is 151 Å². The number of carbonyl (C=O) groups is 1. The first-order chi connectivity index (χ1) is 11.5. The van der Waals surface area contributed by atoms with Crippen molar-refractivity contribution in [3.05, 3.63) is 62.6 Å². The molecule has 0 aliphatic carbocycles. The second-order valence-electron chi connectivity index (χ2n) is 4.80. The lowest BCUT2D eigenvalue weighted by Crippen LogP contribution is -2.17. The van der Waals surface area contributed by atoms with Crippen molar-refractivity contribution in [2.24, 2.45) is 4.99 Å². The Bertz CT molecular complexity index is 1060. The summed E-state index contributed by atoms with van der Waals surface area (Å²) < 4.78 is 16.3. The third-order valence-electron chi connectivity index (χ3n) is 3.26. The Kier molecular flexibility index (Phi) is 4.72. The number of aromatic nitrogens is 1. The zero-order valence-corrected chi connectivity index (χ0v) is 14.4. The first-order valence-corrected chi connectivity index (χ1v) is 8.34. The van der Waals surface area contributed by atoms with Gasteiger partial charge >= 0.3 is 0 Å². The molecule has 120 valence electrons. The van der Waals surface area contributed by atoms with Gasteiger partial charge in [0.05, 0.1) is 27.3 Å². The predicted octanol–water partition coefficient (Wildman–Crippen LogP) is 4.52. The number of amides is 1. The van der Waals surface area contributed by atoms with Crippen LogP contribution in [0.25, 0.3) is 10.2 Å². The van der Waals surface area contributed by atoms with Crippen LogP contribution < -0.4 is 4.80 Å². The van der Waals surface area contributed by atoms with E-state index in [1.54, 1.807) is 18.2 Å². The van der Waals surface area contributed by atoms with Crippen molar-refractivity contribution in [3.63, 3.8) is 0 Å². The molecule has 7 heteroatoms. The normalized spacial score (nSPS) is 11.7. The van der Waals surface area contributed by atoms with Gasteiger partial charge in [-0.15, -0.1) is 6.42 Å². The molecule has 0 aliphatic heterocycles. The van der Waals surface area contributed by atoms with E-state index < -0.39 is 11.7 Å². The van der Waals surface area contributed by atoms with Crippen molar-refractivity contribution in [3.8, 4) is 12.3 Å². The lowest BCUT2D eigenvalue weighted by Gasteiger charge is -2.02. The van der Waals surface area contributed by atoms with Gasteiger partial charge in [0.15, 0.2) is 4.80 Å². The standard InChI is InChI=1S/C17H9Cl2FN2OS/c1-2-8-22-15-13(20)4-3-5-14(15)24-17(22)21-16(23)11-7-6-10(18)9-12(11)19/h1,3-7,9H,8H2. The van der Waals surface area contributed by atoms with Gasteiger partial charge in [-0.25, -0.2) is 4.39 Å². The van der Waals surface area contributed by atoms with Crippen molar-refractivity contribution >= 4 is 50.7 Å². The van der Waals surface area contributed by atoms with Crippen LogP contribution in [0.4, 0.5) is 4.39 Å². The molecule has 0 bridgehead atoms. The molecule has 0 spiro atoms. The summed E-state index contributed by atoms with van der Waals surface area (Å²) in [6.07, 6.45) is 5.36. The van der Waals surface area contributed by atoms with Gasteiger partial charge in [0.1, 0.15) is 5.82 Å². The number of hydrogen-bond donors (Lipinski definition) is 0. The molecule has 0 fully saturated rings. The van der Waals surface area contributed by atoms with Crippen molar-refractivity contribution in [2.45, 2.75) is 6.54 Å².